The first-order chi connectivity index (χ1) is 4.74. The SMILES string of the molecule is CC1=CC(C(C)C=O)CC1. The normalized spacial score (nSPS) is 27.8. The van der Waals surface area contributed by atoms with E-state index in [1.165, 1.54) is 18.4 Å². The maximum Gasteiger partial charge on any atom is 0.123 e. The van der Waals surface area contributed by atoms with Gasteiger partial charge in [-0.2, -0.15) is 0 Å². The highest BCUT2D eigenvalue weighted by Gasteiger charge is 2.18. The van der Waals surface area contributed by atoms with Crippen LogP contribution in [0.4, 0.5) is 0 Å². The average molecular weight is 138 g/mol. The second-order valence-corrected chi connectivity index (χ2v) is 3.21. The van der Waals surface area contributed by atoms with Crippen molar-refractivity contribution in [3.63, 3.8) is 0 Å². The molecule has 56 valence electrons. The molecule has 1 nitrogen and oxygen atoms in total. The van der Waals surface area contributed by atoms with Crippen molar-refractivity contribution in [1.29, 1.82) is 0 Å². The number of carbonyl (C=O) groups excluding carboxylic acids is 1. The Morgan fingerprint density at radius 2 is 2.50 bits per heavy atom. The maximum absolute atomic E-state index is 10.4. The van der Waals surface area contributed by atoms with Crippen molar-refractivity contribution in [2.24, 2.45) is 11.8 Å². The zero-order chi connectivity index (χ0) is 7.56. The molecule has 0 aromatic heterocycles. The van der Waals surface area contributed by atoms with Gasteiger partial charge in [0, 0.05) is 5.92 Å². The third-order valence-electron chi connectivity index (χ3n) is 2.26. The van der Waals surface area contributed by atoms with Gasteiger partial charge in [-0.15, -0.1) is 0 Å². The van der Waals surface area contributed by atoms with Crippen molar-refractivity contribution in [1.82, 2.24) is 0 Å². The molecule has 2 unspecified atom stereocenters. The van der Waals surface area contributed by atoms with Gasteiger partial charge in [-0.1, -0.05) is 18.6 Å². The molecule has 0 saturated heterocycles. The fourth-order valence-electron chi connectivity index (χ4n) is 1.44. The Balaban J connectivity index is 2.51. The Kier molecular flexibility index (Phi) is 2.25. The van der Waals surface area contributed by atoms with Gasteiger partial charge in [-0.25, -0.2) is 0 Å². The van der Waals surface area contributed by atoms with Crippen molar-refractivity contribution < 1.29 is 4.79 Å². The van der Waals surface area contributed by atoms with E-state index in [2.05, 4.69) is 13.0 Å². The molecule has 0 heterocycles. The molecule has 10 heavy (non-hydrogen) atoms. The van der Waals surface area contributed by atoms with Gasteiger partial charge in [-0.3, -0.25) is 0 Å². The lowest BCUT2D eigenvalue weighted by molar-refractivity contribution is -0.111. The summed E-state index contributed by atoms with van der Waals surface area (Å²) in [6.45, 7) is 4.13. The van der Waals surface area contributed by atoms with Crippen LogP contribution in [-0.4, -0.2) is 6.29 Å². The van der Waals surface area contributed by atoms with Gasteiger partial charge in [0.15, 0.2) is 0 Å². The lowest BCUT2D eigenvalue weighted by Crippen LogP contribution is -2.07. The minimum absolute atomic E-state index is 0.220. The molecule has 0 spiro atoms. The third kappa shape index (κ3) is 1.47. The van der Waals surface area contributed by atoms with Gasteiger partial charge in [-0.05, 0) is 25.7 Å². The monoisotopic (exact) mass is 138 g/mol. The minimum atomic E-state index is 0.220. The van der Waals surface area contributed by atoms with E-state index in [0.29, 0.717) is 5.92 Å². The minimum Gasteiger partial charge on any atom is -0.303 e. The molecule has 0 fully saturated rings. The molecule has 0 aromatic rings. The highest BCUT2D eigenvalue weighted by Crippen LogP contribution is 2.28. The molecule has 1 aliphatic rings. The van der Waals surface area contributed by atoms with Crippen LogP contribution < -0.4 is 0 Å². The fraction of sp³-hybridized carbons (Fsp3) is 0.667. The fourth-order valence-corrected chi connectivity index (χ4v) is 1.44. The topological polar surface area (TPSA) is 17.1 Å². The van der Waals surface area contributed by atoms with E-state index >= 15 is 0 Å². The number of rotatable bonds is 2. The first-order valence-electron chi connectivity index (χ1n) is 3.86. The van der Waals surface area contributed by atoms with Gasteiger partial charge >= 0.3 is 0 Å². The van der Waals surface area contributed by atoms with Gasteiger partial charge in [0.25, 0.3) is 0 Å². The molecule has 0 aliphatic heterocycles. The van der Waals surface area contributed by atoms with Crippen LogP contribution in [-0.2, 0) is 4.79 Å². The summed E-state index contributed by atoms with van der Waals surface area (Å²) in [5, 5.41) is 0. The first kappa shape index (κ1) is 7.52. The van der Waals surface area contributed by atoms with Crippen LogP contribution in [0.2, 0.25) is 0 Å². The third-order valence-corrected chi connectivity index (χ3v) is 2.26. The van der Waals surface area contributed by atoms with Crippen molar-refractivity contribution in [3.05, 3.63) is 11.6 Å². The summed E-state index contributed by atoms with van der Waals surface area (Å²) < 4.78 is 0. The molecule has 0 radical (unpaired) electrons. The Morgan fingerprint density at radius 3 is 2.90 bits per heavy atom. The molecule has 1 rings (SSSR count). The molecular formula is C9H14O. The smallest absolute Gasteiger partial charge is 0.123 e. The van der Waals surface area contributed by atoms with Crippen LogP contribution in [0.5, 0.6) is 0 Å². The number of allylic oxidation sites excluding steroid dienone is 2. The van der Waals surface area contributed by atoms with E-state index in [4.69, 9.17) is 0 Å². The predicted molar refractivity (Wildman–Crippen MR) is 41.7 cm³/mol. The lowest BCUT2D eigenvalue weighted by Gasteiger charge is -2.08. The van der Waals surface area contributed by atoms with E-state index in [9.17, 15) is 4.79 Å². The zero-order valence-corrected chi connectivity index (χ0v) is 6.63. The molecule has 0 N–H and O–H groups in total. The molecular weight excluding hydrogens is 124 g/mol. The second kappa shape index (κ2) is 3.00. The molecule has 2 atom stereocenters. The van der Waals surface area contributed by atoms with E-state index in [0.717, 1.165) is 6.29 Å². The lowest BCUT2D eigenvalue weighted by atomic mass is 9.95. The van der Waals surface area contributed by atoms with Crippen LogP contribution in [0.15, 0.2) is 11.6 Å². The largest absolute Gasteiger partial charge is 0.303 e. The molecule has 0 aromatic carbocycles. The van der Waals surface area contributed by atoms with E-state index in [1.54, 1.807) is 0 Å². The molecule has 0 amide bonds. The van der Waals surface area contributed by atoms with E-state index in [-0.39, 0.29) is 5.92 Å². The van der Waals surface area contributed by atoms with Crippen molar-refractivity contribution >= 4 is 6.29 Å². The number of carbonyl (C=O) groups is 1. The molecule has 1 heteroatoms. The van der Waals surface area contributed by atoms with Gasteiger partial charge < -0.3 is 4.79 Å². The Hall–Kier alpha value is -0.590. The standard InChI is InChI=1S/C9H14O/c1-7-3-4-9(5-7)8(2)6-10/h5-6,8-9H,3-4H2,1-2H3. The first-order valence-corrected chi connectivity index (χ1v) is 3.86. The van der Waals surface area contributed by atoms with Crippen LogP contribution in [0.25, 0.3) is 0 Å². The highest BCUT2D eigenvalue weighted by molar-refractivity contribution is 5.54. The average Bonchev–Trinajstić information content (AvgIpc) is 2.34. The van der Waals surface area contributed by atoms with Crippen molar-refractivity contribution in [2.45, 2.75) is 26.7 Å². The van der Waals surface area contributed by atoms with E-state index < -0.39 is 0 Å². The summed E-state index contributed by atoms with van der Waals surface area (Å²) in [6.07, 6.45) is 5.65. The van der Waals surface area contributed by atoms with Crippen LogP contribution in [0.1, 0.15) is 26.7 Å². The van der Waals surface area contributed by atoms with Crippen molar-refractivity contribution in [2.75, 3.05) is 0 Å². The summed E-state index contributed by atoms with van der Waals surface area (Å²) in [4.78, 5) is 10.4. The summed E-state index contributed by atoms with van der Waals surface area (Å²) in [5.41, 5.74) is 1.44. The zero-order valence-electron chi connectivity index (χ0n) is 6.63. The summed E-state index contributed by atoms with van der Waals surface area (Å²) in [6, 6.07) is 0. The Morgan fingerprint density at radius 1 is 1.80 bits per heavy atom. The van der Waals surface area contributed by atoms with Gasteiger partial charge in [0.1, 0.15) is 6.29 Å². The molecule has 0 bridgehead atoms. The van der Waals surface area contributed by atoms with E-state index in [1.807, 2.05) is 6.92 Å². The highest BCUT2D eigenvalue weighted by atomic mass is 16.1. The molecule has 0 saturated carbocycles. The number of hydrogen-bond acceptors (Lipinski definition) is 1. The van der Waals surface area contributed by atoms with Gasteiger partial charge in [0.2, 0.25) is 0 Å². The summed E-state index contributed by atoms with van der Waals surface area (Å²) in [7, 11) is 0. The summed E-state index contributed by atoms with van der Waals surface area (Å²) in [5.74, 6) is 0.745. The molecule has 1 aliphatic carbocycles. The maximum atomic E-state index is 10.4. The number of aldehydes is 1. The van der Waals surface area contributed by atoms with Crippen molar-refractivity contribution in [3.8, 4) is 0 Å². The van der Waals surface area contributed by atoms with Crippen LogP contribution in [0.3, 0.4) is 0 Å². The number of hydrogen-bond donors (Lipinski definition) is 0. The predicted octanol–water partition coefficient (Wildman–Crippen LogP) is 2.18. The summed E-state index contributed by atoms with van der Waals surface area (Å²) >= 11 is 0. The second-order valence-electron chi connectivity index (χ2n) is 3.21. The van der Waals surface area contributed by atoms with Gasteiger partial charge in [0.05, 0.1) is 0 Å². The Bertz CT molecular complexity index is 158. The Labute approximate surface area is 62.1 Å². The quantitative estimate of drug-likeness (QED) is 0.422. The van der Waals surface area contributed by atoms with Crippen LogP contribution >= 0.6 is 0 Å². The van der Waals surface area contributed by atoms with Crippen LogP contribution in [0, 0.1) is 11.8 Å².